The minimum atomic E-state index is -0.0983. The van der Waals surface area contributed by atoms with E-state index in [0.717, 1.165) is 35.8 Å². The minimum absolute atomic E-state index is 0.0436. The van der Waals surface area contributed by atoms with Crippen LogP contribution in [0.3, 0.4) is 0 Å². The molecule has 0 saturated carbocycles. The van der Waals surface area contributed by atoms with E-state index in [4.69, 9.17) is 14.2 Å². The van der Waals surface area contributed by atoms with Crippen molar-refractivity contribution in [2.75, 3.05) is 54.6 Å². The normalized spacial score (nSPS) is 16.1. The third-order valence-corrected chi connectivity index (χ3v) is 6.44. The summed E-state index contributed by atoms with van der Waals surface area (Å²) in [6.45, 7) is 9.76. The Hall–Kier alpha value is -2.06. The Morgan fingerprint density at radius 1 is 1.07 bits per heavy atom. The van der Waals surface area contributed by atoms with Gasteiger partial charge in [0.1, 0.15) is 5.37 Å². The average Bonchev–Trinajstić information content (AvgIpc) is 3.13. The molecule has 0 radical (unpaired) electrons. The van der Waals surface area contributed by atoms with E-state index in [1.807, 2.05) is 26.1 Å². The van der Waals surface area contributed by atoms with Gasteiger partial charge in [-0.3, -0.25) is 4.79 Å². The zero-order valence-electron chi connectivity index (χ0n) is 18.5. The SMILES string of the molecule is CCN(CC)CCN(C)C(=O)C1=C(C)NC(c2cc(OC)c(OC)c(OC)c2)S1. The van der Waals surface area contributed by atoms with E-state index in [1.165, 1.54) is 11.8 Å². The van der Waals surface area contributed by atoms with Crippen LogP contribution in [0.25, 0.3) is 0 Å². The van der Waals surface area contributed by atoms with Gasteiger partial charge >= 0.3 is 0 Å². The van der Waals surface area contributed by atoms with Crippen LogP contribution in [0, 0.1) is 0 Å². The summed E-state index contributed by atoms with van der Waals surface area (Å²) in [6.07, 6.45) is 0. The maximum atomic E-state index is 13.0. The van der Waals surface area contributed by atoms with Gasteiger partial charge < -0.3 is 29.3 Å². The van der Waals surface area contributed by atoms with Gasteiger partial charge in [-0.2, -0.15) is 0 Å². The molecule has 0 aliphatic carbocycles. The van der Waals surface area contributed by atoms with Crippen molar-refractivity contribution in [2.24, 2.45) is 0 Å². The molecular weight excluding hydrogens is 390 g/mol. The van der Waals surface area contributed by atoms with Crippen LogP contribution in [-0.4, -0.2) is 70.3 Å². The molecule has 1 N–H and O–H groups in total. The first-order valence-corrected chi connectivity index (χ1v) is 10.7. The van der Waals surface area contributed by atoms with Gasteiger partial charge in [-0.1, -0.05) is 25.6 Å². The number of benzene rings is 1. The fourth-order valence-corrected chi connectivity index (χ4v) is 4.45. The number of hydrogen-bond acceptors (Lipinski definition) is 7. The van der Waals surface area contributed by atoms with Gasteiger partial charge in [0, 0.05) is 25.8 Å². The fraction of sp³-hybridized carbons (Fsp3) is 0.571. The Kier molecular flexibility index (Phi) is 8.52. The van der Waals surface area contributed by atoms with E-state index in [0.29, 0.717) is 23.8 Å². The van der Waals surface area contributed by atoms with Crippen molar-refractivity contribution in [3.8, 4) is 17.2 Å². The van der Waals surface area contributed by atoms with Crippen LogP contribution in [0.15, 0.2) is 22.7 Å². The number of ether oxygens (including phenoxy) is 3. The lowest BCUT2D eigenvalue weighted by Gasteiger charge is -2.23. The molecular formula is C21H33N3O4S. The van der Waals surface area contributed by atoms with E-state index in [9.17, 15) is 4.79 Å². The highest BCUT2D eigenvalue weighted by atomic mass is 32.2. The van der Waals surface area contributed by atoms with Gasteiger partial charge in [0.2, 0.25) is 5.75 Å². The molecule has 1 aromatic rings. The molecule has 1 aliphatic rings. The average molecular weight is 424 g/mol. The van der Waals surface area contributed by atoms with Crippen molar-refractivity contribution in [3.63, 3.8) is 0 Å². The highest BCUT2D eigenvalue weighted by molar-refractivity contribution is 8.04. The molecule has 0 fully saturated rings. The number of nitrogens with zero attached hydrogens (tertiary/aromatic N) is 2. The Morgan fingerprint density at radius 2 is 1.66 bits per heavy atom. The molecule has 0 bridgehead atoms. The molecule has 2 rings (SSSR count). The van der Waals surface area contributed by atoms with Crippen molar-refractivity contribution in [2.45, 2.75) is 26.1 Å². The number of methoxy groups -OCH3 is 3. The number of likely N-dealkylation sites (N-methyl/N-ethyl adjacent to an activating group) is 2. The van der Waals surface area contributed by atoms with Crippen LogP contribution in [0.5, 0.6) is 17.2 Å². The van der Waals surface area contributed by atoms with Gasteiger partial charge in [-0.15, -0.1) is 0 Å². The van der Waals surface area contributed by atoms with E-state index in [1.54, 1.807) is 26.2 Å². The maximum absolute atomic E-state index is 13.0. The van der Waals surface area contributed by atoms with Crippen LogP contribution < -0.4 is 19.5 Å². The summed E-state index contributed by atoms with van der Waals surface area (Å²) in [6, 6.07) is 3.83. The molecule has 1 unspecified atom stereocenters. The Bertz CT molecular complexity index is 724. The zero-order valence-corrected chi connectivity index (χ0v) is 19.3. The molecule has 1 heterocycles. The molecule has 1 atom stereocenters. The first-order chi connectivity index (χ1) is 13.9. The van der Waals surface area contributed by atoms with Crippen molar-refractivity contribution in [1.82, 2.24) is 15.1 Å². The molecule has 0 spiro atoms. The lowest BCUT2D eigenvalue weighted by Crippen LogP contribution is -2.36. The first-order valence-electron chi connectivity index (χ1n) is 9.81. The van der Waals surface area contributed by atoms with Crippen LogP contribution in [0.1, 0.15) is 31.7 Å². The van der Waals surface area contributed by atoms with Crippen LogP contribution >= 0.6 is 11.8 Å². The van der Waals surface area contributed by atoms with E-state index in [2.05, 4.69) is 24.1 Å². The topological polar surface area (TPSA) is 63.3 Å². The highest BCUT2D eigenvalue weighted by Gasteiger charge is 2.31. The second-order valence-electron chi connectivity index (χ2n) is 6.81. The highest BCUT2D eigenvalue weighted by Crippen LogP contribution is 2.46. The quantitative estimate of drug-likeness (QED) is 0.620. The molecule has 29 heavy (non-hydrogen) atoms. The van der Waals surface area contributed by atoms with Gasteiger partial charge in [-0.05, 0) is 37.7 Å². The van der Waals surface area contributed by atoms with E-state index in [-0.39, 0.29) is 11.3 Å². The van der Waals surface area contributed by atoms with Crippen molar-refractivity contribution >= 4 is 17.7 Å². The summed E-state index contributed by atoms with van der Waals surface area (Å²) in [7, 11) is 6.64. The second-order valence-corrected chi connectivity index (χ2v) is 7.92. The summed E-state index contributed by atoms with van der Waals surface area (Å²) in [5, 5.41) is 3.32. The molecule has 1 aromatic carbocycles. The van der Waals surface area contributed by atoms with Crippen LogP contribution in [0.4, 0.5) is 0 Å². The van der Waals surface area contributed by atoms with Crippen molar-refractivity contribution < 1.29 is 19.0 Å². The van der Waals surface area contributed by atoms with Gasteiger partial charge in [0.15, 0.2) is 11.5 Å². The van der Waals surface area contributed by atoms with Crippen LogP contribution in [-0.2, 0) is 4.79 Å². The molecule has 162 valence electrons. The van der Waals surface area contributed by atoms with Gasteiger partial charge in [0.05, 0.1) is 26.2 Å². The second kappa shape index (κ2) is 10.6. The predicted octanol–water partition coefficient (Wildman–Crippen LogP) is 3.08. The summed E-state index contributed by atoms with van der Waals surface area (Å²) in [5.41, 5.74) is 1.84. The number of carbonyl (C=O) groups excluding carboxylic acids is 1. The number of carbonyl (C=O) groups is 1. The predicted molar refractivity (Wildman–Crippen MR) is 118 cm³/mol. The molecule has 8 heteroatoms. The summed E-state index contributed by atoms with van der Waals surface area (Å²) < 4.78 is 16.3. The molecule has 0 aromatic heterocycles. The lowest BCUT2D eigenvalue weighted by atomic mass is 10.1. The third kappa shape index (κ3) is 5.30. The first kappa shape index (κ1) is 23.2. The zero-order chi connectivity index (χ0) is 21.6. The maximum Gasteiger partial charge on any atom is 0.261 e. The fourth-order valence-electron chi connectivity index (χ4n) is 3.22. The Morgan fingerprint density at radius 3 is 2.14 bits per heavy atom. The number of nitrogens with one attached hydrogen (secondary N) is 1. The third-order valence-electron chi connectivity index (χ3n) is 5.10. The van der Waals surface area contributed by atoms with Crippen molar-refractivity contribution in [3.05, 3.63) is 28.3 Å². The number of allylic oxidation sites excluding steroid dienone is 1. The Labute approximate surface area is 178 Å². The number of rotatable bonds is 10. The van der Waals surface area contributed by atoms with Gasteiger partial charge in [-0.25, -0.2) is 0 Å². The minimum Gasteiger partial charge on any atom is -0.493 e. The molecule has 7 nitrogen and oxygen atoms in total. The van der Waals surface area contributed by atoms with Gasteiger partial charge in [0.25, 0.3) is 5.91 Å². The number of amides is 1. The lowest BCUT2D eigenvalue weighted by molar-refractivity contribution is -0.125. The van der Waals surface area contributed by atoms with Crippen molar-refractivity contribution in [1.29, 1.82) is 0 Å². The molecule has 0 saturated heterocycles. The van der Waals surface area contributed by atoms with E-state index < -0.39 is 0 Å². The van der Waals surface area contributed by atoms with E-state index >= 15 is 0 Å². The number of thioether (sulfide) groups is 1. The smallest absolute Gasteiger partial charge is 0.261 e. The van der Waals surface area contributed by atoms with Crippen LogP contribution in [0.2, 0.25) is 0 Å². The standard InChI is InChI=1S/C21H33N3O4S/c1-8-24(9-2)11-10-23(4)21(25)19-14(3)22-20(29-19)15-12-16(26-5)18(28-7)17(13-15)27-6/h12-13,20,22H,8-11H2,1-7H3. The molecule has 1 aliphatic heterocycles. The summed E-state index contributed by atoms with van der Waals surface area (Å²) in [4.78, 5) is 17.8. The Balaban J connectivity index is 2.13. The largest absolute Gasteiger partial charge is 0.493 e. The summed E-state index contributed by atoms with van der Waals surface area (Å²) in [5.74, 6) is 1.79. The molecule has 1 amide bonds. The number of hydrogen-bond donors (Lipinski definition) is 1. The summed E-state index contributed by atoms with van der Waals surface area (Å²) >= 11 is 1.52. The monoisotopic (exact) mass is 423 g/mol.